The van der Waals surface area contributed by atoms with Gasteiger partial charge in [-0.05, 0) is 90.2 Å². The van der Waals surface area contributed by atoms with E-state index in [2.05, 4.69) is 23.9 Å². The number of methoxy groups -OCH3 is 1. The minimum atomic E-state index is -4.44. The number of oxime groups is 2. The van der Waals surface area contributed by atoms with E-state index in [9.17, 15) is 42.2 Å². The third-order valence-electron chi connectivity index (χ3n) is 6.70. The quantitative estimate of drug-likeness (QED) is 0.0351. The van der Waals surface area contributed by atoms with E-state index in [1.54, 1.807) is 69.3 Å². The molecule has 1 aliphatic heterocycles. The number of halogens is 3. The molecular formula is C38H50AlF3N3O15P3S. The third kappa shape index (κ3) is 25.5. The van der Waals surface area contributed by atoms with Crippen LogP contribution in [0.1, 0.15) is 91.4 Å². The molecule has 3 N–H and O–H groups in total. The molecular weight excluding hydrogens is 947 g/mol. The van der Waals surface area contributed by atoms with Crippen LogP contribution in [-0.2, 0) is 45.6 Å². The number of ether oxygens (including phenoxy) is 1. The van der Waals surface area contributed by atoms with Crippen molar-refractivity contribution in [1.82, 2.24) is 4.31 Å². The molecule has 0 aliphatic carbocycles. The largest absolute Gasteiger partial charge is 3.00 e. The molecule has 0 spiro atoms. The summed E-state index contributed by atoms with van der Waals surface area (Å²) >= 11 is 1.27. The number of imide groups is 1. The van der Waals surface area contributed by atoms with Crippen molar-refractivity contribution in [2.24, 2.45) is 10.3 Å². The van der Waals surface area contributed by atoms with Gasteiger partial charge in [0.25, 0.3) is 11.8 Å². The monoisotopic (exact) mass is 997 g/mol. The second kappa shape index (κ2) is 33.3. The zero-order chi connectivity index (χ0) is 48.3. The first-order valence-corrected chi connectivity index (χ1v) is 22.3. The maximum atomic E-state index is 12.9. The average molecular weight is 998 g/mol. The summed E-state index contributed by atoms with van der Waals surface area (Å²) in [7, 11) is -4.54. The molecule has 0 saturated carbocycles. The van der Waals surface area contributed by atoms with Gasteiger partial charge < -0.3 is 57.3 Å². The van der Waals surface area contributed by atoms with Gasteiger partial charge in [-0.25, -0.2) is 9.10 Å². The Hall–Kier alpha value is -3.19. The number of benzene rings is 3. The van der Waals surface area contributed by atoms with Crippen molar-refractivity contribution in [3.63, 3.8) is 0 Å². The molecule has 352 valence electrons. The Morgan fingerprint density at radius 2 is 1.23 bits per heavy atom. The van der Waals surface area contributed by atoms with E-state index in [1.807, 2.05) is 20.8 Å². The number of rotatable bonds is 14. The van der Waals surface area contributed by atoms with Crippen molar-refractivity contribution >= 4 is 84.3 Å². The molecule has 26 heteroatoms. The maximum absolute atomic E-state index is 12.9. The van der Waals surface area contributed by atoms with Crippen LogP contribution in [0.15, 0.2) is 83.1 Å². The number of alkyl halides is 3. The van der Waals surface area contributed by atoms with Crippen LogP contribution >= 0.6 is 37.8 Å². The fraction of sp³-hybridized carbons (Fsp3) is 0.395. The van der Waals surface area contributed by atoms with E-state index in [0.717, 1.165) is 12.1 Å². The summed E-state index contributed by atoms with van der Waals surface area (Å²) in [6.07, 6.45) is -4.44. The Bertz CT molecular complexity index is 1850. The molecule has 64 heavy (non-hydrogen) atoms. The molecule has 1 aliphatic rings. The second-order valence-corrected chi connectivity index (χ2v) is 16.4. The Morgan fingerprint density at radius 1 is 0.766 bits per heavy atom. The van der Waals surface area contributed by atoms with Crippen LogP contribution in [0.25, 0.3) is 0 Å². The van der Waals surface area contributed by atoms with Crippen LogP contribution in [0.2, 0.25) is 0 Å². The van der Waals surface area contributed by atoms with Gasteiger partial charge in [0, 0.05) is 35.7 Å². The number of nitrogens with zero attached hydrogens (tertiary/aromatic N) is 3. The zero-order valence-electron chi connectivity index (χ0n) is 36.3. The number of esters is 1. The van der Waals surface area contributed by atoms with E-state index in [-0.39, 0.29) is 57.5 Å². The molecule has 0 bridgehead atoms. The summed E-state index contributed by atoms with van der Waals surface area (Å²) in [6, 6.07) is 18.5. The summed E-state index contributed by atoms with van der Waals surface area (Å²) in [5.41, 5.74) is 1.73. The normalized spacial score (nSPS) is 13.6. The van der Waals surface area contributed by atoms with Crippen molar-refractivity contribution in [3.05, 3.63) is 106 Å². The van der Waals surface area contributed by atoms with E-state index >= 15 is 0 Å². The van der Waals surface area contributed by atoms with Crippen molar-refractivity contribution in [2.75, 3.05) is 34.0 Å². The summed E-state index contributed by atoms with van der Waals surface area (Å²) in [4.78, 5) is 98.0. The van der Waals surface area contributed by atoms with Gasteiger partial charge in [0.2, 0.25) is 0 Å². The SMILES string of the molecule is CC(C)(C)SN1C(=O)c2ccccc2C1=O.CCOP([O-])O.CCOP([O-])O.CCOP([O-])O.CO/N=C(\C(=O)OC)c1ccccc1CO/N=C(\C)c1cccc(C(F)(F)F)c1.[Al+3]. The standard InChI is InChI=1S/C20H19F3N2O4.C12H13NO2S.3C2H6O3P.Al/c1-13(14-8-6-9-16(11-14)20(21,22)23)24-29-12-15-7-4-5-10-17(15)18(25-28-3)19(26)27-2;1-12(2,3)16-13-10(14)8-6-4-5-7-9(8)11(13)15;3*1-2-5-6(3)4;/h4-11H,12H2,1-3H3;4-7H,1-3H3;3*3H,2H2,1H3;/q;;3*-1;+3/b24-13+,25-18-;;;;;. The minimum Gasteiger partial charge on any atom is -0.786 e. The van der Waals surface area contributed by atoms with Crippen LogP contribution in [0.5, 0.6) is 0 Å². The van der Waals surface area contributed by atoms with Crippen molar-refractivity contribution < 1.29 is 84.9 Å². The first-order valence-electron chi connectivity index (χ1n) is 18.1. The van der Waals surface area contributed by atoms with Gasteiger partial charge in [0.05, 0.1) is 55.3 Å². The molecule has 0 aromatic heterocycles. The fourth-order valence-corrected chi connectivity index (χ4v) is 5.86. The van der Waals surface area contributed by atoms with Crippen molar-refractivity contribution in [1.29, 1.82) is 0 Å². The van der Waals surface area contributed by atoms with Crippen molar-refractivity contribution in [2.45, 2.75) is 66.0 Å². The van der Waals surface area contributed by atoms with Crippen LogP contribution < -0.4 is 14.7 Å². The van der Waals surface area contributed by atoms with Crippen LogP contribution in [0.3, 0.4) is 0 Å². The molecule has 3 aromatic carbocycles. The topological polar surface area (TPSA) is 264 Å². The molecule has 0 fully saturated rings. The predicted octanol–water partition coefficient (Wildman–Crippen LogP) is 5.33. The van der Waals surface area contributed by atoms with Gasteiger partial charge in [-0.2, -0.15) is 13.2 Å². The fourth-order valence-electron chi connectivity index (χ4n) is 4.29. The average Bonchev–Trinajstić information content (AvgIpc) is 3.44. The first-order chi connectivity index (χ1) is 29.5. The Kier molecular flexibility index (Phi) is 32.7. The molecule has 1 heterocycles. The van der Waals surface area contributed by atoms with E-state index in [0.29, 0.717) is 42.1 Å². The smallest absolute Gasteiger partial charge is 0.786 e. The first kappa shape index (κ1) is 62.9. The van der Waals surface area contributed by atoms with Gasteiger partial charge in [-0.15, -0.1) is 0 Å². The molecule has 4 rings (SSSR count). The Balaban J connectivity index is 0. The van der Waals surface area contributed by atoms with Crippen LogP contribution in [0.4, 0.5) is 13.2 Å². The second-order valence-electron chi connectivity index (χ2n) is 12.4. The zero-order valence-corrected chi connectivity index (χ0v) is 41.0. The van der Waals surface area contributed by atoms with Gasteiger partial charge in [-0.3, -0.25) is 9.59 Å². The van der Waals surface area contributed by atoms with E-state index < -0.39 is 43.5 Å². The van der Waals surface area contributed by atoms with E-state index in [1.165, 1.54) is 49.5 Å². The number of fused-ring (bicyclic) bond motifs is 1. The summed E-state index contributed by atoms with van der Waals surface area (Å²) in [6.45, 7) is 13.3. The minimum absolute atomic E-state index is 0. The molecule has 2 amide bonds. The summed E-state index contributed by atoms with van der Waals surface area (Å²) < 4.78 is 56.7. The molecule has 0 saturated heterocycles. The van der Waals surface area contributed by atoms with Crippen LogP contribution in [0, 0.1) is 0 Å². The predicted molar refractivity (Wildman–Crippen MR) is 233 cm³/mol. The third-order valence-corrected chi connectivity index (χ3v) is 9.20. The Labute approximate surface area is 388 Å². The Morgan fingerprint density at radius 3 is 1.62 bits per heavy atom. The number of hydrogen-bond donors (Lipinski definition) is 3. The summed E-state index contributed by atoms with van der Waals surface area (Å²) in [5.74, 6) is -1.11. The molecule has 3 atom stereocenters. The van der Waals surface area contributed by atoms with Gasteiger partial charge in [0.1, 0.15) is 13.7 Å². The maximum Gasteiger partial charge on any atom is 3.00 e. The number of carbonyl (C=O) groups is 3. The van der Waals surface area contributed by atoms with Gasteiger partial charge in [0.15, 0.2) is 5.71 Å². The number of amides is 2. The van der Waals surface area contributed by atoms with E-state index in [4.69, 9.17) is 29.1 Å². The van der Waals surface area contributed by atoms with Gasteiger partial charge >= 0.3 is 29.5 Å². The molecule has 0 radical (unpaired) electrons. The van der Waals surface area contributed by atoms with Crippen LogP contribution in [-0.4, -0.2) is 104 Å². The molecule has 3 aromatic rings. The molecule has 18 nitrogen and oxygen atoms in total. The number of hydrogen-bond acceptors (Lipinski definition) is 18. The molecule has 3 unspecified atom stereocenters. The number of carbonyl (C=O) groups excluding carboxylic acids is 3. The van der Waals surface area contributed by atoms with Gasteiger partial charge in [-0.1, -0.05) is 58.8 Å². The van der Waals surface area contributed by atoms with Crippen molar-refractivity contribution in [3.8, 4) is 0 Å². The summed E-state index contributed by atoms with van der Waals surface area (Å²) in [5, 5.41) is 7.58.